The number of aliphatic hydroxyl groups is 1. The van der Waals surface area contributed by atoms with E-state index in [1.165, 1.54) is 19.3 Å². The molecule has 1 heterocycles. The lowest BCUT2D eigenvalue weighted by Crippen LogP contribution is -2.25. The van der Waals surface area contributed by atoms with E-state index < -0.39 is 0 Å². The molecule has 2 rings (SSSR count). The fraction of sp³-hybridized carbons (Fsp3) is 0.818. The molecule has 1 fully saturated rings. The normalized spacial score (nSPS) is 18.9. The van der Waals surface area contributed by atoms with Gasteiger partial charge in [-0.25, -0.2) is 4.68 Å². The number of aromatic nitrogens is 3. The third-order valence-electron chi connectivity index (χ3n) is 3.57. The molecule has 1 saturated carbocycles. The first kappa shape index (κ1) is 10.6. The summed E-state index contributed by atoms with van der Waals surface area (Å²) in [5.41, 5.74) is 1.83. The molecule has 1 aromatic rings. The molecular formula is C11H19N3O. The van der Waals surface area contributed by atoms with Gasteiger partial charge < -0.3 is 5.11 Å². The molecule has 0 spiro atoms. The smallest absolute Gasteiger partial charge is 0.111 e. The van der Waals surface area contributed by atoms with Crippen LogP contribution in [-0.4, -0.2) is 20.1 Å². The largest absolute Gasteiger partial charge is 0.390 e. The Bertz CT molecular complexity index is 331. The highest BCUT2D eigenvalue weighted by atomic mass is 16.3. The summed E-state index contributed by atoms with van der Waals surface area (Å²) in [6, 6.07) is 0.432. The quantitative estimate of drug-likeness (QED) is 0.821. The standard InChI is InChI=1S/C11H19N3O/c1-3-11-10(7-15)12-13-14(11)8(2)9-5-4-6-9/h8-9,15H,3-7H2,1-2H3. The maximum absolute atomic E-state index is 9.14. The van der Waals surface area contributed by atoms with Crippen LogP contribution in [0.1, 0.15) is 50.5 Å². The van der Waals surface area contributed by atoms with Crippen molar-refractivity contribution in [2.75, 3.05) is 0 Å². The second-order valence-electron chi connectivity index (χ2n) is 4.37. The Balaban J connectivity index is 2.22. The van der Waals surface area contributed by atoms with Crippen LogP contribution < -0.4 is 0 Å². The lowest BCUT2D eigenvalue weighted by molar-refractivity contribution is 0.205. The topological polar surface area (TPSA) is 50.9 Å². The van der Waals surface area contributed by atoms with Crippen LogP contribution in [0.3, 0.4) is 0 Å². The Morgan fingerprint density at radius 1 is 1.53 bits per heavy atom. The van der Waals surface area contributed by atoms with Crippen molar-refractivity contribution in [2.24, 2.45) is 5.92 Å². The van der Waals surface area contributed by atoms with Gasteiger partial charge in [0.1, 0.15) is 5.69 Å². The molecule has 4 heteroatoms. The van der Waals surface area contributed by atoms with E-state index >= 15 is 0 Å². The van der Waals surface area contributed by atoms with Crippen LogP contribution in [0, 0.1) is 5.92 Å². The minimum atomic E-state index is 0.000556. The first-order valence-corrected chi connectivity index (χ1v) is 5.81. The number of aliphatic hydroxyl groups excluding tert-OH is 1. The maximum Gasteiger partial charge on any atom is 0.111 e. The van der Waals surface area contributed by atoms with Crippen molar-refractivity contribution in [3.8, 4) is 0 Å². The first-order valence-electron chi connectivity index (χ1n) is 5.81. The summed E-state index contributed by atoms with van der Waals surface area (Å²) in [7, 11) is 0. The number of hydrogen-bond acceptors (Lipinski definition) is 3. The summed E-state index contributed by atoms with van der Waals surface area (Å²) >= 11 is 0. The lowest BCUT2D eigenvalue weighted by atomic mass is 9.80. The molecule has 1 aliphatic carbocycles. The molecule has 0 saturated heterocycles. The Labute approximate surface area is 90.3 Å². The Morgan fingerprint density at radius 3 is 2.73 bits per heavy atom. The van der Waals surface area contributed by atoms with Crippen LogP contribution in [0.25, 0.3) is 0 Å². The average Bonchev–Trinajstić information content (AvgIpc) is 2.57. The first-order chi connectivity index (χ1) is 7.27. The Kier molecular flexibility index (Phi) is 3.05. The third-order valence-corrected chi connectivity index (χ3v) is 3.57. The van der Waals surface area contributed by atoms with Gasteiger partial charge in [0, 0.05) is 0 Å². The van der Waals surface area contributed by atoms with E-state index in [0.29, 0.717) is 6.04 Å². The zero-order valence-corrected chi connectivity index (χ0v) is 9.48. The monoisotopic (exact) mass is 209 g/mol. The van der Waals surface area contributed by atoms with E-state index in [2.05, 4.69) is 24.2 Å². The van der Waals surface area contributed by atoms with Crippen LogP contribution in [-0.2, 0) is 13.0 Å². The fourth-order valence-electron chi connectivity index (χ4n) is 2.28. The minimum Gasteiger partial charge on any atom is -0.390 e. The van der Waals surface area contributed by atoms with E-state index in [1.54, 1.807) is 0 Å². The molecule has 4 nitrogen and oxygen atoms in total. The molecule has 1 unspecified atom stereocenters. The summed E-state index contributed by atoms with van der Waals surface area (Å²) in [6.45, 7) is 4.29. The molecule has 0 aromatic carbocycles. The van der Waals surface area contributed by atoms with Crippen LogP contribution >= 0.6 is 0 Å². The van der Waals surface area contributed by atoms with Crippen LogP contribution in [0.4, 0.5) is 0 Å². The Morgan fingerprint density at radius 2 is 2.27 bits per heavy atom. The van der Waals surface area contributed by atoms with Crippen LogP contribution in [0.15, 0.2) is 0 Å². The van der Waals surface area contributed by atoms with E-state index in [4.69, 9.17) is 5.11 Å². The second kappa shape index (κ2) is 4.31. The predicted octanol–water partition coefficient (Wildman–Crippen LogP) is 1.69. The van der Waals surface area contributed by atoms with Crippen molar-refractivity contribution >= 4 is 0 Å². The van der Waals surface area contributed by atoms with Gasteiger partial charge in [-0.15, -0.1) is 5.10 Å². The second-order valence-corrected chi connectivity index (χ2v) is 4.37. The van der Waals surface area contributed by atoms with Crippen molar-refractivity contribution < 1.29 is 5.11 Å². The van der Waals surface area contributed by atoms with Crippen molar-refractivity contribution in [3.63, 3.8) is 0 Å². The van der Waals surface area contributed by atoms with Crippen molar-refractivity contribution in [3.05, 3.63) is 11.4 Å². The maximum atomic E-state index is 9.14. The number of hydrogen-bond donors (Lipinski definition) is 1. The van der Waals surface area contributed by atoms with Crippen LogP contribution in [0.2, 0.25) is 0 Å². The van der Waals surface area contributed by atoms with Crippen LogP contribution in [0.5, 0.6) is 0 Å². The molecule has 84 valence electrons. The molecule has 0 aliphatic heterocycles. The van der Waals surface area contributed by atoms with Gasteiger partial charge in [-0.2, -0.15) is 0 Å². The minimum absolute atomic E-state index is 0.000556. The SMILES string of the molecule is CCc1c(CO)nnn1C(C)C1CCC1. The number of rotatable bonds is 4. The average molecular weight is 209 g/mol. The van der Waals surface area contributed by atoms with Crippen molar-refractivity contribution in [2.45, 2.75) is 52.2 Å². The highest BCUT2D eigenvalue weighted by Gasteiger charge is 2.27. The van der Waals surface area contributed by atoms with Gasteiger partial charge in [0.2, 0.25) is 0 Å². The molecule has 0 radical (unpaired) electrons. The molecule has 1 aliphatic rings. The van der Waals surface area contributed by atoms with Crippen molar-refractivity contribution in [1.82, 2.24) is 15.0 Å². The van der Waals surface area contributed by atoms with Gasteiger partial charge in [-0.3, -0.25) is 0 Å². The lowest BCUT2D eigenvalue weighted by Gasteiger charge is -2.31. The van der Waals surface area contributed by atoms with Gasteiger partial charge in [-0.1, -0.05) is 18.6 Å². The van der Waals surface area contributed by atoms with Crippen molar-refractivity contribution in [1.29, 1.82) is 0 Å². The zero-order chi connectivity index (χ0) is 10.8. The number of nitrogens with zero attached hydrogens (tertiary/aromatic N) is 3. The summed E-state index contributed by atoms with van der Waals surface area (Å²) in [5, 5.41) is 17.3. The third kappa shape index (κ3) is 1.78. The molecular weight excluding hydrogens is 190 g/mol. The predicted molar refractivity (Wildman–Crippen MR) is 57.4 cm³/mol. The fourth-order valence-corrected chi connectivity index (χ4v) is 2.28. The van der Waals surface area contributed by atoms with Gasteiger partial charge >= 0.3 is 0 Å². The molecule has 1 N–H and O–H groups in total. The summed E-state index contributed by atoms with van der Waals surface area (Å²) in [6.07, 6.45) is 4.84. The molecule has 1 aromatic heterocycles. The van der Waals surface area contributed by atoms with Gasteiger partial charge in [0.05, 0.1) is 18.3 Å². The van der Waals surface area contributed by atoms with Gasteiger partial charge in [-0.05, 0) is 32.1 Å². The summed E-state index contributed by atoms with van der Waals surface area (Å²) in [4.78, 5) is 0. The molecule has 15 heavy (non-hydrogen) atoms. The van der Waals surface area contributed by atoms with E-state index in [1.807, 2.05) is 4.68 Å². The highest BCUT2D eigenvalue weighted by molar-refractivity contribution is 5.10. The van der Waals surface area contributed by atoms with E-state index in [9.17, 15) is 0 Å². The summed E-state index contributed by atoms with van der Waals surface area (Å²) < 4.78 is 2.01. The van der Waals surface area contributed by atoms with Gasteiger partial charge in [0.15, 0.2) is 0 Å². The summed E-state index contributed by atoms with van der Waals surface area (Å²) in [5.74, 6) is 0.753. The Hall–Kier alpha value is -0.900. The van der Waals surface area contributed by atoms with E-state index in [-0.39, 0.29) is 6.61 Å². The zero-order valence-electron chi connectivity index (χ0n) is 9.48. The molecule has 1 atom stereocenters. The van der Waals surface area contributed by atoms with E-state index in [0.717, 1.165) is 23.7 Å². The van der Waals surface area contributed by atoms with Gasteiger partial charge in [0.25, 0.3) is 0 Å². The molecule has 0 amide bonds. The molecule has 0 bridgehead atoms. The highest BCUT2D eigenvalue weighted by Crippen LogP contribution is 2.36.